The molecule has 3 N–H and O–H groups in total. The van der Waals surface area contributed by atoms with E-state index in [0.717, 1.165) is 11.1 Å². The Morgan fingerprint density at radius 1 is 1.25 bits per heavy atom. The van der Waals surface area contributed by atoms with Crippen LogP contribution >= 0.6 is 0 Å². The van der Waals surface area contributed by atoms with E-state index in [-0.39, 0.29) is 6.61 Å². The van der Waals surface area contributed by atoms with Crippen molar-refractivity contribution in [2.75, 3.05) is 6.61 Å². The molecule has 0 bridgehead atoms. The van der Waals surface area contributed by atoms with E-state index in [0.29, 0.717) is 11.9 Å². The SMILES string of the molecule is C=C(COOO)Cc1ccc(B(O)O)cc1. The first-order valence-corrected chi connectivity index (χ1v) is 4.68. The van der Waals surface area contributed by atoms with Gasteiger partial charge < -0.3 is 10.0 Å². The summed E-state index contributed by atoms with van der Waals surface area (Å²) < 4.78 is 0. The van der Waals surface area contributed by atoms with Crippen molar-refractivity contribution >= 4 is 12.6 Å². The predicted molar refractivity (Wildman–Crippen MR) is 58.8 cm³/mol. The maximum absolute atomic E-state index is 8.89. The van der Waals surface area contributed by atoms with Gasteiger partial charge in [0.2, 0.25) is 0 Å². The van der Waals surface area contributed by atoms with E-state index in [1.165, 1.54) is 0 Å². The van der Waals surface area contributed by atoms with Gasteiger partial charge in [0, 0.05) is 0 Å². The molecule has 0 radical (unpaired) electrons. The average Bonchev–Trinajstić information content (AvgIpc) is 2.27. The molecule has 0 atom stereocenters. The van der Waals surface area contributed by atoms with Gasteiger partial charge in [0.25, 0.3) is 0 Å². The summed E-state index contributed by atoms with van der Waals surface area (Å²) in [4.78, 5) is 4.31. The molecule has 16 heavy (non-hydrogen) atoms. The predicted octanol–water partition coefficient (Wildman–Crippen LogP) is -0.114. The van der Waals surface area contributed by atoms with E-state index in [1.54, 1.807) is 24.3 Å². The Bertz CT molecular complexity index is 336. The van der Waals surface area contributed by atoms with Gasteiger partial charge in [0.05, 0.1) is 0 Å². The second-order valence-corrected chi connectivity index (χ2v) is 3.38. The smallest absolute Gasteiger partial charge is 0.423 e. The van der Waals surface area contributed by atoms with Gasteiger partial charge >= 0.3 is 7.12 Å². The first kappa shape index (κ1) is 12.9. The van der Waals surface area contributed by atoms with Crippen LogP contribution in [0.25, 0.3) is 0 Å². The Balaban J connectivity index is 2.51. The molecule has 5 nitrogen and oxygen atoms in total. The molecule has 86 valence electrons. The van der Waals surface area contributed by atoms with Crippen molar-refractivity contribution in [2.45, 2.75) is 6.42 Å². The van der Waals surface area contributed by atoms with Crippen LogP contribution in [0.15, 0.2) is 36.4 Å². The van der Waals surface area contributed by atoms with Gasteiger partial charge in [-0.1, -0.05) is 35.9 Å². The number of rotatable bonds is 6. The fourth-order valence-corrected chi connectivity index (χ4v) is 1.26. The molecule has 1 aromatic carbocycles. The van der Waals surface area contributed by atoms with Gasteiger partial charge in [-0.05, 0) is 23.0 Å². The molecule has 0 heterocycles. The molecule has 0 aliphatic carbocycles. The van der Waals surface area contributed by atoms with Crippen LogP contribution in [0.3, 0.4) is 0 Å². The minimum Gasteiger partial charge on any atom is -0.423 e. The Morgan fingerprint density at radius 3 is 2.38 bits per heavy atom. The average molecular weight is 224 g/mol. The highest BCUT2D eigenvalue weighted by molar-refractivity contribution is 6.58. The zero-order chi connectivity index (χ0) is 12.0. The summed E-state index contributed by atoms with van der Waals surface area (Å²) in [6, 6.07) is 6.77. The van der Waals surface area contributed by atoms with E-state index in [2.05, 4.69) is 16.5 Å². The summed E-state index contributed by atoms with van der Waals surface area (Å²) in [6.07, 6.45) is 0.561. The van der Waals surface area contributed by atoms with Crippen LogP contribution in [0.4, 0.5) is 0 Å². The minimum absolute atomic E-state index is 0.0981. The summed E-state index contributed by atoms with van der Waals surface area (Å²) in [5, 5.41) is 29.2. The lowest BCUT2D eigenvalue weighted by atomic mass is 9.80. The first-order valence-electron chi connectivity index (χ1n) is 4.68. The zero-order valence-electron chi connectivity index (χ0n) is 8.67. The fourth-order valence-electron chi connectivity index (χ4n) is 1.26. The second-order valence-electron chi connectivity index (χ2n) is 3.38. The van der Waals surface area contributed by atoms with Crippen LogP contribution < -0.4 is 5.46 Å². The molecule has 0 aliphatic rings. The van der Waals surface area contributed by atoms with E-state index in [4.69, 9.17) is 15.3 Å². The van der Waals surface area contributed by atoms with E-state index >= 15 is 0 Å². The monoisotopic (exact) mass is 224 g/mol. The summed E-state index contributed by atoms with van der Waals surface area (Å²) in [6.45, 7) is 3.83. The lowest BCUT2D eigenvalue weighted by Crippen LogP contribution is -2.29. The Kier molecular flexibility index (Phi) is 5.17. The van der Waals surface area contributed by atoms with Gasteiger partial charge in [-0.25, -0.2) is 10.1 Å². The third kappa shape index (κ3) is 4.14. The summed E-state index contributed by atoms with van der Waals surface area (Å²) in [7, 11) is -1.46. The number of benzene rings is 1. The number of hydrogen-bond donors (Lipinski definition) is 3. The topological polar surface area (TPSA) is 79.2 Å². The zero-order valence-corrected chi connectivity index (χ0v) is 8.67. The normalized spacial score (nSPS) is 10.2. The third-order valence-electron chi connectivity index (χ3n) is 2.05. The summed E-state index contributed by atoms with van der Waals surface area (Å²) in [5.41, 5.74) is 2.12. The Labute approximate surface area is 93.6 Å². The van der Waals surface area contributed by atoms with Gasteiger partial charge in [0.15, 0.2) is 0 Å². The standard InChI is InChI=1S/C10H13BO5/c1-8(7-15-16-14)6-9-2-4-10(5-3-9)11(12)13/h2-5,12-14H,1,6-7H2. The number of hydrogen-bond acceptors (Lipinski definition) is 5. The molecule has 1 rings (SSSR count). The molecule has 6 heteroatoms. The lowest BCUT2D eigenvalue weighted by molar-refractivity contribution is -0.487. The van der Waals surface area contributed by atoms with Crippen LogP contribution in [0.2, 0.25) is 0 Å². The molecule has 0 saturated heterocycles. The van der Waals surface area contributed by atoms with Crippen molar-refractivity contribution in [1.82, 2.24) is 0 Å². The van der Waals surface area contributed by atoms with Crippen molar-refractivity contribution in [3.63, 3.8) is 0 Å². The van der Waals surface area contributed by atoms with E-state index in [9.17, 15) is 0 Å². The fraction of sp³-hybridized carbons (Fsp3) is 0.200. The van der Waals surface area contributed by atoms with Gasteiger partial charge in [0.1, 0.15) is 6.61 Å². The van der Waals surface area contributed by atoms with Crippen molar-refractivity contribution in [3.8, 4) is 0 Å². The molecule has 0 spiro atoms. The van der Waals surface area contributed by atoms with Crippen LogP contribution in [-0.4, -0.2) is 29.0 Å². The maximum atomic E-state index is 8.89. The molecule has 0 aliphatic heterocycles. The van der Waals surface area contributed by atoms with E-state index < -0.39 is 7.12 Å². The van der Waals surface area contributed by atoms with Crippen molar-refractivity contribution in [2.24, 2.45) is 0 Å². The van der Waals surface area contributed by atoms with Crippen LogP contribution in [-0.2, 0) is 16.3 Å². The quantitative estimate of drug-likeness (QED) is 0.272. The van der Waals surface area contributed by atoms with Crippen molar-refractivity contribution in [1.29, 1.82) is 0 Å². The van der Waals surface area contributed by atoms with Crippen LogP contribution in [0, 0.1) is 0 Å². The maximum Gasteiger partial charge on any atom is 0.488 e. The highest BCUT2D eigenvalue weighted by atomic mass is 17.5. The molecule has 0 saturated carbocycles. The van der Waals surface area contributed by atoms with Gasteiger partial charge in [-0.15, -0.1) is 0 Å². The van der Waals surface area contributed by atoms with Crippen LogP contribution in [0.5, 0.6) is 0 Å². The molecule has 0 aromatic heterocycles. The molecule has 0 unspecified atom stereocenters. The molecular weight excluding hydrogens is 211 g/mol. The highest BCUT2D eigenvalue weighted by Crippen LogP contribution is 2.05. The highest BCUT2D eigenvalue weighted by Gasteiger charge is 2.09. The van der Waals surface area contributed by atoms with Gasteiger partial charge in [-0.3, -0.25) is 0 Å². The third-order valence-corrected chi connectivity index (χ3v) is 2.05. The van der Waals surface area contributed by atoms with Crippen molar-refractivity contribution < 1.29 is 25.2 Å². The first-order chi connectivity index (χ1) is 7.63. The molecular formula is C10H13BO5. The molecule has 0 fully saturated rings. The lowest BCUT2D eigenvalue weighted by Gasteiger charge is -2.05. The second kappa shape index (κ2) is 6.42. The largest absolute Gasteiger partial charge is 0.488 e. The van der Waals surface area contributed by atoms with Crippen LogP contribution in [0.1, 0.15) is 5.56 Å². The van der Waals surface area contributed by atoms with Gasteiger partial charge in [-0.2, -0.15) is 0 Å². The Morgan fingerprint density at radius 2 is 1.88 bits per heavy atom. The van der Waals surface area contributed by atoms with E-state index in [1.807, 2.05) is 0 Å². The minimum atomic E-state index is -1.46. The summed E-state index contributed by atoms with van der Waals surface area (Å²) in [5.74, 6) is 0. The molecule has 0 amide bonds. The molecule has 1 aromatic rings. The van der Waals surface area contributed by atoms with Crippen molar-refractivity contribution in [3.05, 3.63) is 42.0 Å². The Hall–Kier alpha value is -1.18. The summed E-state index contributed by atoms with van der Waals surface area (Å²) >= 11 is 0.